The number of para-hydroxylation sites is 2. The van der Waals surface area contributed by atoms with Crippen molar-refractivity contribution in [2.75, 3.05) is 30.8 Å². The summed E-state index contributed by atoms with van der Waals surface area (Å²) < 4.78 is 33.4. The molecule has 0 saturated heterocycles. The average molecular weight is 402 g/mol. The molecule has 0 fully saturated rings. The van der Waals surface area contributed by atoms with Gasteiger partial charge in [-0.15, -0.1) is 4.40 Å². The number of amidine groups is 1. The quantitative estimate of drug-likeness (QED) is 0.747. The first-order valence-corrected chi connectivity index (χ1v) is 10.3. The lowest BCUT2D eigenvalue weighted by Crippen LogP contribution is -2.52. The van der Waals surface area contributed by atoms with Crippen LogP contribution < -0.4 is 15.0 Å². The standard InChI is InChI=1S/C18H18N4O5S/c1-19-17(23)15-11-22(13-6-2-3-7-14(13)27-15)18(24)12-5-4-8-21-9-10-28(25,26)20-16(12)21/h2-8,15H,9-11H2,1H3,(H,19,23)/t15-/m1/s1. The van der Waals surface area contributed by atoms with E-state index < -0.39 is 22.0 Å². The molecule has 0 unspecified atom stereocenters. The number of allylic oxidation sites excluding steroid dienone is 2. The smallest absolute Gasteiger partial charge is 0.262 e. The van der Waals surface area contributed by atoms with Gasteiger partial charge in [0, 0.05) is 19.8 Å². The molecule has 3 aliphatic heterocycles. The van der Waals surface area contributed by atoms with Crippen LogP contribution in [-0.2, 0) is 19.6 Å². The van der Waals surface area contributed by atoms with Crippen molar-refractivity contribution in [1.29, 1.82) is 0 Å². The van der Waals surface area contributed by atoms with Gasteiger partial charge in [-0.25, -0.2) is 8.42 Å². The Kier molecular flexibility index (Phi) is 4.42. The third-order valence-electron chi connectivity index (χ3n) is 4.65. The molecule has 28 heavy (non-hydrogen) atoms. The van der Waals surface area contributed by atoms with Crippen molar-refractivity contribution in [2.24, 2.45) is 4.40 Å². The van der Waals surface area contributed by atoms with Gasteiger partial charge in [-0.2, -0.15) is 0 Å². The Morgan fingerprint density at radius 1 is 1.29 bits per heavy atom. The van der Waals surface area contributed by atoms with Crippen LogP contribution in [0.4, 0.5) is 5.69 Å². The minimum Gasteiger partial charge on any atom is -0.477 e. The van der Waals surface area contributed by atoms with Crippen LogP contribution in [-0.4, -0.2) is 63.0 Å². The number of ether oxygens (including phenoxy) is 1. The number of anilines is 1. The van der Waals surface area contributed by atoms with E-state index in [9.17, 15) is 18.0 Å². The van der Waals surface area contributed by atoms with E-state index in [0.717, 1.165) is 0 Å². The molecule has 2 amide bonds. The summed E-state index contributed by atoms with van der Waals surface area (Å²) in [7, 11) is -2.13. The second-order valence-corrected chi connectivity index (χ2v) is 8.18. The van der Waals surface area contributed by atoms with Crippen molar-refractivity contribution in [3.8, 4) is 5.75 Å². The van der Waals surface area contributed by atoms with Gasteiger partial charge in [0.15, 0.2) is 11.9 Å². The zero-order valence-corrected chi connectivity index (χ0v) is 15.8. The molecule has 1 aromatic carbocycles. The fourth-order valence-corrected chi connectivity index (χ4v) is 4.24. The minimum atomic E-state index is -3.63. The summed E-state index contributed by atoms with van der Waals surface area (Å²) in [6.07, 6.45) is 4.01. The highest BCUT2D eigenvalue weighted by molar-refractivity contribution is 7.90. The van der Waals surface area contributed by atoms with Crippen molar-refractivity contribution in [1.82, 2.24) is 10.2 Å². The van der Waals surface area contributed by atoms with Crippen LogP contribution in [0.5, 0.6) is 5.75 Å². The van der Waals surface area contributed by atoms with Crippen molar-refractivity contribution in [3.63, 3.8) is 0 Å². The summed E-state index contributed by atoms with van der Waals surface area (Å²) in [5.41, 5.74) is 0.659. The van der Waals surface area contributed by atoms with Crippen molar-refractivity contribution >= 4 is 33.4 Å². The molecule has 0 aliphatic carbocycles. The lowest BCUT2D eigenvalue weighted by Gasteiger charge is -2.36. The monoisotopic (exact) mass is 402 g/mol. The SMILES string of the molecule is CNC(=O)[C@H]1CN(C(=O)C2=CC=CN3CCS(=O)(=O)N=C23)c2ccccc2O1. The minimum absolute atomic E-state index is 0.00337. The molecular formula is C18H18N4O5S. The molecule has 3 aliphatic rings. The van der Waals surface area contributed by atoms with Gasteiger partial charge in [-0.05, 0) is 24.3 Å². The summed E-state index contributed by atoms with van der Waals surface area (Å²) in [5.74, 6) is -0.419. The number of benzene rings is 1. The van der Waals surface area contributed by atoms with E-state index in [1.807, 2.05) is 0 Å². The molecule has 4 rings (SSSR count). The van der Waals surface area contributed by atoms with Gasteiger partial charge in [0.05, 0.1) is 23.6 Å². The summed E-state index contributed by atoms with van der Waals surface area (Å²) in [6.45, 7) is 0.222. The maximum absolute atomic E-state index is 13.4. The lowest BCUT2D eigenvalue weighted by atomic mass is 10.1. The largest absolute Gasteiger partial charge is 0.477 e. The number of amides is 2. The maximum atomic E-state index is 13.4. The molecule has 0 bridgehead atoms. The molecule has 3 heterocycles. The first-order valence-electron chi connectivity index (χ1n) is 8.67. The Labute approximate surface area is 162 Å². The van der Waals surface area contributed by atoms with E-state index in [1.165, 1.54) is 18.0 Å². The molecule has 10 heteroatoms. The number of hydrogen-bond donors (Lipinski definition) is 1. The number of carbonyl (C=O) groups is 2. The number of sulfonamides is 1. The number of nitrogens with zero attached hydrogens (tertiary/aromatic N) is 3. The average Bonchev–Trinajstić information content (AvgIpc) is 2.70. The number of nitrogens with one attached hydrogen (secondary N) is 1. The first kappa shape index (κ1) is 18.2. The van der Waals surface area contributed by atoms with Gasteiger partial charge in [-0.1, -0.05) is 12.1 Å². The van der Waals surface area contributed by atoms with Crippen LogP contribution in [0.15, 0.2) is 52.6 Å². The van der Waals surface area contributed by atoms with Gasteiger partial charge in [0.25, 0.3) is 21.8 Å². The molecule has 1 aromatic rings. The van der Waals surface area contributed by atoms with Crippen LogP contribution in [0.2, 0.25) is 0 Å². The molecule has 9 nitrogen and oxygen atoms in total. The second-order valence-electron chi connectivity index (χ2n) is 6.42. The molecule has 0 spiro atoms. The van der Waals surface area contributed by atoms with Crippen LogP contribution in [0.1, 0.15) is 0 Å². The predicted octanol–water partition coefficient (Wildman–Crippen LogP) is 0.0242. The van der Waals surface area contributed by atoms with Crippen LogP contribution in [0, 0.1) is 0 Å². The fraction of sp³-hybridized carbons (Fsp3) is 0.278. The zero-order chi connectivity index (χ0) is 19.9. The van der Waals surface area contributed by atoms with Crippen LogP contribution >= 0.6 is 0 Å². The Morgan fingerprint density at radius 2 is 2.07 bits per heavy atom. The van der Waals surface area contributed by atoms with Gasteiger partial charge in [-0.3, -0.25) is 9.59 Å². The number of hydrogen-bond acceptors (Lipinski definition) is 6. The summed E-state index contributed by atoms with van der Waals surface area (Å²) in [5, 5.41) is 2.52. The third-order valence-corrected chi connectivity index (χ3v) is 5.80. The first-order chi connectivity index (χ1) is 13.4. The van der Waals surface area contributed by atoms with Crippen molar-refractivity contribution in [3.05, 3.63) is 48.2 Å². The lowest BCUT2D eigenvalue weighted by molar-refractivity contribution is -0.127. The Bertz CT molecular complexity index is 1040. The molecule has 146 valence electrons. The van der Waals surface area contributed by atoms with E-state index in [2.05, 4.69) is 9.71 Å². The second kappa shape index (κ2) is 6.79. The molecular weight excluding hydrogens is 384 g/mol. The molecule has 1 atom stereocenters. The summed E-state index contributed by atoms with van der Waals surface area (Å²) >= 11 is 0. The van der Waals surface area contributed by atoms with E-state index in [1.54, 1.807) is 41.4 Å². The molecule has 1 N–H and O–H groups in total. The molecule has 0 aromatic heterocycles. The fourth-order valence-electron chi connectivity index (χ4n) is 3.25. The number of rotatable bonds is 2. The Hall–Kier alpha value is -3.14. The highest BCUT2D eigenvalue weighted by Crippen LogP contribution is 2.34. The number of fused-ring (bicyclic) bond motifs is 2. The number of carbonyl (C=O) groups excluding carboxylic acids is 2. The Morgan fingerprint density at radius 3 is 2.86 bits per heavy atom. The highest BCUT2D eigenvalue weighted by atomic mass is 32.2. The van der Waals surface area contributed by atoms with Gasteiger partial charge >= 0.3 is 0 Å². The van der Waals surface area contributed by atoms with Crippen LogP contribution in [0.3, 0.4) is 0 Å². The van der Waals surface area contributed by atoms with Crippen molar-refractivity contribution < 1.29 is 22.7 Å². The molecule has 0 saturated carbocycles. The molecule has 0 radical (unpaired) electrons. The zero-order valence-electron chi connectivity index (χ0n) is 15.0. The van der Waals surface area contributed by atoms with E-state index in [0.29, 0.717) is 11.4 Å². The number of likely N-dealkylation sites (N-methyl/N-ethyl adjacent to an activating group) is 1. The van der Waals surface area contributed by atoms with Gasteiger partial charge in [0.2, 0.25) is 0 Å². The van der Waals surface area contributed by atoms with Gasteiger partial charge in [0.1, 0.15) is 5.75 Å². The maximum Gasteiger partial charge on any atom is 0.262 e. The summed E-state index contributed by atoms with van der Waals surface area (Å²) in [4.78, 5) is 28.6. The van der Waals surface area contributed by atoms with Crippen LogP contribution in [0.25, 0.3) is 0 Å². The van der Waals surface area contributed by atoms with E-state index in [-0.39, 0.29) is 36.2 Å². The van der Waals surface area contributed by atoms with E-state index in [4.69, 9.17) is 4.74 Å². The normalized spacial score (nSPS) is 22.2. The topological polar surface area (TPSA) is 108 Å². The Balaban J connectivity index is 1.74. The van der Waals surface area contributed by atoms with Gasteiger partial charge < -0.3 is 19.9 Å². The highest BCUT2D eigenvalue weighted by Gasteiger charge is 2.37. The summed E-state index contributed by atoms with van der Waals surface area (Å²) in [6, 6.07) is 6.89. The van der Waals surface area contributed by atoms with Crippen molar-refractivity contribution in [2.45, 2.75) is 6.10 Å². The van der Waals surface area contributed by atoms with E-state index >= 15 is 0 Å². The predicted molar refractivity (Wildman–Crippen MR) is 102 cm³/mol. The third kappa shape index (κ3) is 3.15.